The van der Waals surface area contributed by atoms with E-state index in [1.165, 1.54) is 7.11 Å². The zero-order valence-electron chi connectivity index (χ0n) is 17.0. The second-order valence-electron chi connectivity index (χ2n) is 8.08. The summed E-state index contributed by atoms with van der Waals surface area (Å²) in [6.45, 7) is 1.86. The lowest BCUT2D eigenvalue weighted by Gasteiger charge is -2.47. The number of nitrogens with two attached hydrogens (primary N) is 1. The number of ether oxygens (including phenoxy) is 1. The number of nitrogens with one attached hydrogen (secondary N) is 2. The molecule has 0 radical (unpaired) electrons. The van der Waals surface area contributed by atoms with Crippen molar-refractivity contribution in [1.29, 1.82) is 5.41 Å². The number of hydrogen-bond donors (Lipinski definition) is 3. The maximum Gasteiger partial charge on any atom is 0.311 e. The number of pyridine rings is 1. The van der Waals surface area contributed by atoms with Crippen molar-refractivity contribution in [2.24, 2.45) is 17.8 Å². The van der Waals surface area contributed by atoms with Crippen LogP contribution in [0.5, 0.6) is 0 Å². The number of nitrogen functional groups attached to an aromatic ring is 1. The number of esters is 1. The van der Waals surface area contributed by atoms with Gasteiger partial charge in [0.1, 0.15) is 23.2 Å². The van der Waals surface area contributed by atoms with Gasteiger partial charge in [-0.25, -0.2) is 19.3 Å². The number of methoxy groups -OCH3 is 1. The van der Waals surface area contributed by atoms with Crippen LogP contribution in [0.1, 0.15) is 42.6 Å². The summed E-state index contributed by atoms with van der Waals surface area (Å²) in [6, 6.07) is 1.07. The SMILES string of the molecule is COC(=O)C1C2CCC(CC2)C1Nc1nc(C(=N)c2cc(F)cnc2N)ncc1C. The molecule has 3 saturated carbocycles. The molecular weight excluding hydrogens is 387 g/mol. The van der Waals surface area contributed by atoms with Gasteiger partial charge < -0.3 is 15.8 Å². The molecule has 0 saturated heterocycles. The van der Waals surface area contributed by atoms with Gasteiger partial charge in [0.15, 0.2) is 5.82 Å². The summed E-state index contributed by atoms with van der Waals surface area (Å²) >= 11 is 0. The maximum absolute atomic E-state index is 13.6. The number of carbonyl (C=O) groups excluding carboxylic acids is 1. The molecule has 30 heavy (non-hydrogen) atoms. The number of aryl methyl sites for hydroxylation is 1. The minimum Gasteiger partial charge on any atom is -0.469 e. The molecule has 2 aromatic heterocycles. The van der Waals surface area contributed by atoms with Crippen LogP contribution in [-0.4, -0.2) is 39.8 Å². The standard InChI is InChI=1S/C21H25FN6O2/c1-10-8-26-20(16(23)14-7-13(22)9-25-18(14)24)28-19(10)27-17-12-5-3-11(4-6-12)15(17)21(29)30-2/h7-9,11-12,15,17,23H,3-6H2,1-2H3,(H2,24,25)(H,26,27,28). The van der Waals surface area contributed by atoms with Gasteiger partial charge in [-0.3, -0.25) is 10.2 Å². The van der Waals surface area contributed by atoms with E-state index in [-0.39, 0.29) is 40.8 Å². The normalized spacial score (nSPS) is 25.0. The summed E-state index contributed by atoms with van der Waals surface area (Å²) in [6.07, 6.45) is 6.80. The van der Waals surface area contributed by atoms with Gasteiger partial charge in [0.25, 0.3) is 0 Å². The second kappa shape index (κ2) is 7.97. The van der Waals surface area contributed by atoms with Gasteiger partial charge in [0.05, 0.1) is 19.2 Å². The number of rotatable bonds is 5. The highest BCUT2D eigenvalue weighted by atomic mass is 19.1. The molecule has 3 aliphatic carbocycles. The van der Waals surface area contributed by atoms with E-state index in [9.17, 15) is 9.18 Å². The zero-order chi connectivity index (χ0) is 21.4. The van der Waals surface area contributed by atoms with Gasteiger partial charge in [0, 0.05) is 23.4 Å². The largest absolute Gasteiger partial charge is 0.469 e. The third-order valence-corrected chi connectivity index (χ3v) is 6.35. The van der Waals surface area contributed by atoms with E-state index in [2.05, 4.69) is 20.3 Å². The Bertz CT molecular complexity index is 989. The quantitative estimate of drug-likeness (QED) is 0.509. The first-order chi connectivity index (χ1) is 14.4. The molecule has 4 N–H and O–H groups in total. The Balaban J connectivity index is 1.64. The minimum absolute atomic E-state index is 0.0374. The molecule has 2 atom stereocenters. The van der Waals surface area contributed by atoms with Gasteiger partial charge in [-0.15, -0.1) is 0 Å². The summed E-state index contributed by atoms with van der Waals surface area (Å²) in [5, 5.41) is 11.9. The first-order valence-corrected chi connectivity index (χ1v) is 10.1. The minimum atomic E-state index is -0.589. The molecule has 0 aromatic carbocycles. The van der Waals surface area contributed by atoms with Crippen LogP contribution >= 0.6 is 0 Å². The molecule has 9 heteroatoms. The molecule has 2 aromatic rings. The van der Waals surface area contributed by atoms with Crippen molar-refractivity contribution in [3.05, 3.63) is 41.2 Å². The number of hydrogen-bond acceptors (Lipinski definition) is 8. The van der Waals surface area contributed by atoms with Crippen molar-refractivity contribution in [2.45, 2.75) is 38.6 Å². The Kier molecular flexibility index (Phi) is 5.36. The van der Waals surface area contributed by atoms with Gasteiger partial charge in [0.2, 0.25) is 0 Å². The van der Waals surface area contributed by atoms with Crippen molar-refractivity contribution < 1.29 is 13.9 Å². The fourth-order valence-corrected chi connectivity index (χ4v) is 4.77. The van der Waals surface area contributed by atoms with Crippen LogP contribution in [0, 0.1) is 35.9 Å². The fraction of sp³-hybridized carbons (Fsp3) is 0.476. The molecule has 2 bridgehead atoms. The third kappa shape index (κ3) is 3.59. The van der Waals surface area contributed by atoms with Crippen molar-refractivity contribution in [3.63, 3.8) is 0 Å². The highest BCUT2D eigenvalue weighted by Gasteiger charge is 2.48. The molecule has 2 heterocycles. The van der Waals surface area contributed by atoms with Gasteiger partial charge in [-0.1, -0.05) is 0 Å². The number of anilines is 2. The Morgan fingerprint density at radius 2 is 1.93 bits per heavy atom. The topological polar surface area (TPSA) is 127 Å². The third-order valence-electron chi connectivity index (χ3n) is 6.35. The van der Waals surface area contributed by atoms with Crippen LogP contribution in [0.15, 0.2) is 18.5 Å². The van der Waals surface area contributed by atoms with E-state index < -0.39 is 5.82 Å². The smallest absolute Gasteiger partial charge is 0.311 e. The highest BCUT2D eigenvalue weighted by molar-refractivity contribution is 6.11. The zero-order valence-corrected chi connectivity index (χ0v) is 17.0. The lowest BCUT2D eigenvalue weighted by molar-refractivity contribution is -0.152. The van der Waals surface area contributed by atoms with Crippen LogP contribution in [0.4, 0.5) is 16.0 Å². The Morgan fingerprint density at radius 1 is 1.23 bits per heavy atom. The average molecular weight is 412 g/mol. The molecule has 5 rings (SSSR count). The monoisotopic (exact) mass is 412 g/mol. The molecule has 0 spiro atoms. The summed E-state index contributed by atoms with van der Waals surface area (Å²) in [5.74, 6) is 0.362. The predicted octanol–water partition coefficient (Wildman–Crippen LogP) is 2.71. The summed E-state index contributed by atoms with van der Waals surface area (Å²) in [5.41, 5.74) is 6.62. The number of fused-ring (bicyclic) bond motifs is 3. The van der Waals surface area contributed by atoms with Crippen LogP contribution < -0.4 is 11.1 Å². The van der Waals surface area contributed by atoms with Crippen molar-refractivity contribution in [1.82, 2.24) is 15.0 Å². The molecule has 3 fully saturated rings. The van der Waals surface area contributed by atoms with Gasteiger partial charge in [-0.05, 0) is 50.5 Å². The van der Waals surface area contributed by atoms with Crippen LogP contribution in [0.25, 0.3) is 0 Å². The number of halogens is 1. The van der Waals surface area contributed by atoms with E-state index >= 15 is 0 Å². The Morgan fingerprint density at radius 3 is 2.63 bits per heavy atom. The summed E-state index contributed by atoms with van der Waals surface area (Å²) < 4.78 is 18.7. The summed E-state index contributed by atoms with van der Waals surface area (Å²) in [4.78, 5) is 25.0. The van der Waals surface area contributed by atoms with Gasteiger partial charge in [-0.2, -0.15) is 0 Å². The van der Waals surface area contributed by atoms with E-state index in [0.29, 0.717) is 17.7 Å². The van der Waals surface area contributed by atoms with Crippen molar-refractivity contribution >= 4 is 23.3 Å². The Labute approximate surface area is 174 Å². The van der Waals surface area contributed by atoms with Gasteiger partial charge >= 0.3 is 5.97 Å². The second-order valence-corrected chi connectivity index (χ2v) is 8.08. The molecule has 158 valence electrons. The van der Waals surface area contributed by atoms with Crippen molar-refractivity contribution in [2.75, 3.05) is 18.2 Å². The van der Waals surface area contributed by atoms with Crippen molar-refractivity contribution in [3.8, 4) is 0 Å². The van der Waals surface area contributed by atoms with E-state index in [4.69, 9.17) is 15.9 Å². The van der Waals surface area contributed by atoms with Crippen LogP contribution in [-0.2, 0) is 9.53 Å². The lowest BCUT2D eigenvalue weighted by atomic mass is 9.61. The Hall–Kier alpha value is -3.10. The molecule has 2 unspecified atom stereocenters. The van der Waals surface area contributed by atoms with E-state index in [1.807, 2.05) is 6.92 Å². The highest BCUT2D eigenvalue weighted by Crippen LogP contribution is 2.46. The molecule has 3 aliphatic rings. The number of carbonyl (C=O) groups is 1. The number of aromatic nitrogens is 3. The molecule has 0 amide bonds. The average Bonchev–Trinajstić information content (AvgIpc) is 2.76. The fourth-order valence-electron chi connectivity index (χ4n) is 4.77. The number of nitrogens with zero attached hydrogens (tertiary/aromatic N) is 3. The predicted molar refractivity (Wildman–Crippen MR) is 110 cm³/mol. The molecule has 8 nitrogen and oxygen atoms in total. The van der Waals surface area contributed by atoms with E-state index in [0.717, 1.165) is 43.5 Å². The van der Waals surface area contributed by atoms with Crippen LogP contribution in [0.2, 0.25) is 0 Å². The first-order valence-electron chi connectivity index (χ1n) is 10.1. The molecule has 0 aliphatic heterocycles. The first kappa shape index (κ1) is 20.2. The van der Waals surface area contributed by atoms with E-state index in [1.54, 1.807) is 6.20 Å². The van der Waals surface area contributed by atoms with Crippen LogP contribution in [0.3, 0.4) is 0 Å². The lowest BCUT2D eigenvalue weighted by Crippen LogP contribution is -2.52. The maximum atomic E-state index is 13.6. The summed E-state index contributed by atoms with van der Waals surface area (Å²) in [7, 11) is 1.43. The molecular formula is C21H25FN6O2.